The number of halogens is 2. The lowest BCUT2D eigenvalue weighted by Gasteiger charge is -2.35. The topological polar surface area (TPSA) is 58.1 Å². The van der Waals surface area contributed by atoms with Gasteiger partial charge in [0.1, 0.15) is 11.6 Å². The van der Waals surface area contributed by atoms with Crippen molar-refractivity contribution in [2.24, 2.45) is 4.99 Å². The molecule has 0 aromatic heterocycles. The van der Waals surface area contributed by atoms with Gasteiger partial charge >= 0.3 is 0 Å². The SMILES string of the molecule is CN=C(NCc1ccc(OC)cc1)NCC(c1ccc(F)cc1)N1CCOCC1.I. The molecule has 0 amide bonds. The molecule has 8 heteroatoms. The van der Waals surface area contributed by atoms with E-state index in [1.54, 1.807) is 14.2 Å². The fourth-order valence-electron chi connectivity index (χ4n) is 3.37. The van der Waals surface area contributed by atoms with Gasteiger partial charge in [0.2, 0.25) is 0 Å². The fraction of sp³-hybridized carbons (Fsp3) is 0.409. The predicted molar refractivity (Wildman–Crippen MR) is 128 cm³/mol. The van der Waals surface area contributed by atoms with Gasteiger partial charge in [0, 0.05) is 33.2 Å². The number of methoxy groups -OCH3 is 1. The first-order valence-corrected chi connectivity index (χ1v) is 9.84. The van der Waals surface area contributed by atoms with Gasteiger partial charge in [-0.2, -0.15) is 0 Å². The molecule has 2 aromatic carbocycles. The monoisotopic (exact) mass is 528 g/mol. The molecule has 1 heterocycles. The zero-order chi connectivity index (χ0) is 20.5. The first-order valence-electron chi connectivity index (χ1n) is 9.84. The van der Waals surface area contributed by atoms with Crippen LogP contribution < -0.4 is 15.4 Å². The van der Waals surface area contributed by atoms with Crippen LogP contribution in [0.5, 0.6) is 5.75 Å². The van der Waals surface area contributed by atoms with Crippen LogP contribution in [0.3, 0.4) is 0 Å². The molecule has 3 rings (SSSR count). The highest BCUT2D eigenvalue weighted by atomic mass is 127. The van der Waals surface area contributed by atoms with Crippen LogP contribution in [0.1, 0.15) is 17.2 Å². The van der Waals surface area contributed by atoms with E-state index in [1.807, 2.05) is 36.4 Å². The first kappa shape index (κ1) is 24.4. The average Bonchev–Trinajstić information content (AvgIpc) is 2.78. The third-order valence-electron chi connectivity index (χ3n) is 5.05. The summed E-state index contributed by atoms with van der Waals surface area (Å²) >= 11 is 0. The van der Waals surface area contributed by atoms with Crippen molar-refractivity contribution in [1.29, 1.82) is 0 Å². The van der Waals surface area contributed by atoms with E-state index < -0.39 is 0 Å². The van der Waals surface area contributed by atoms with Gasteiger partial charge in [-0.15, -0.1) is 24.0 Å². The summed E-state index contributed by atoms with van der Waals surface area (Å²) < 4.78 is 24.1. The van der Waals surface area contributed by atoms with Gasteiger partial charge in [-0.05, 0) is 35.4 Å². The Kier molecular flexibility index (Phi) is 10.3. The smallest absolute Gasteiger partial charge is 0.191 e. The Hall–Kier alpha value is -1.91. The Balaban J connectivity index is 0.00000320. The van der Waals surface area contributed by atoms with Crippen molar-refractivity contribution < 1.29 is 13.9 Å². The lowest BCUT2D eigenvalue weighted by molar-refractivity contribution is 0.0170. The lowest BCUT2D eigenvalue weighted by Crippen LogP contribution is -2.46. The molecule has 0 aliphatic carbocycles. The molecule has 0 saturated carbocycles. The number of benzene rings is 2. The first-order chi connectivity index (χ1) is 14.2. The second-order valence-corrected chi connectivity index (χ2v) is 6.87. The molecular weight excluding hydrogens is 498 g/mol. The van der Waals surface area contributed by atoms with E-state index >= 15 is 0 Å². The van der Waals surface area contributed by atoms with E-state index in [9.17, 15) is 4.39 Å². The van der Waals surface area contributed by atoms with Gasteiger partial charge in [0.15, 0.2) is 5.96 Å². The Morgan fingerprint density at radius 2 is 1.77 bits per heavy atom. The molecule has 2 N–H and O–H groups in total. The molecule has 1 atom stereocenters. The molecule has 164 valence electrons. The van der Waals surface area contributed by atoms with E-state index in [0.29, 0.717) is 26.3 Å². The van der Waals surface area contributed by atoms with Crippen LogP contribution in [0.2, 0.25) is 0 Å². The van der Waals surface area contributed by atoms with Gasteiger partial charge in [0.25, 0.3) is 0 Å². The van der Waals surface area contributed by atoms with Crippen LogP contribution in [-0.4, -0.2) is 57.9 Å². The minimum atomic E-state index is -0.223. The van der Waals surface area contributed by atoms with Gasteiger partial charge in [0.05, 0.1) is 26.4 Å². The normalized spacial score (nSPS) is 15.8. The molecule has 2 aromatic rings. The summed E-state index contributed by atoms with van der Waals surface area (Å²) in [4.78, 5) is 6.69. The van der Waals surface area contributed by atoms with E-state index in [-0.39, 0.29) is 35.8 Å². The second-order valence-electron chi connectivity index (χ2n) is 6.87. The maximum Gasteiger partial charge on any atom is 0.191 e. The molecule has 1 unspecified atom stereocenters. The summed E-state index contributed by atoms with van der Waals surface area (Å²) in [7, 11) is 3.41. The Morgan fingerprint density at radius 3 is 2.37 bits per heavy atom. The summed E-state index contributed by atoms with van der Waals surface area (Å²) in [5, 5.41) is 6.75. The zero-order valence-electron chi connectivity index (χ0n) is 17.4. The van der Waals surface area contributed by atoms with Crippen molar-refractivity contribution in [3.05, 3.63) is 65.5 Å². The highest BCUT2D eigenvalue weighted by Gasteiger charge is 2.23. The molecule has 0 spiro atoms. The fourth-order valence-corrected chi connectivity index (χ4v) is 3.37. The van der Waals surface area contributed by atoms with Crippen molar-refractivity contribution in [2.75, 3.05) is 47.0 Å². The van der Waals surface area contributed by atoms with Crippen LogP contribution >= 0.6 is 24.0 Å². The van der Waals surface area contributed by atoms with Crippen molar-refractivity contribution in [1.82, 2.24) is 15.5 Å². The molecule has 30 heavy (non-hydrogen) atoms. The number of nitrogens with zero attached hydrogens (tertiary/aromatic N) is 2. The molecule has 1 aliphatic rings. The molecule has 1 aliphatic heterocycles. The van der Waals surface area contributed by atoms with E-state index in [4.69, 9.17) is 9.47 Å². The minimum Gasteiger partial charge on any atom is -0.497 e. The van der Waals surface area contributed by atoms with E-state index in [1.165, 1.54) is 12.1 Å². The number of aliphatic imine (C=N–C) groups is 1. The third kappa shape index (κ3) is 7.10. The standard InChI is InChI=1S/C22H29FN4O2.HI/c1-24-22(25-15-17-3-9-20(28-2)10-4-17)26-16-21(27-11-13-29-14-12-27)18-5-7-19(23)8-6-18;/h3-10,21H,11-16H2,1-2H3,(H2,24,25,26);1H. The van der Waals surface area contributed by atoms with Crippen LogP contribution in [0.4, 0.5) is 4.39 Å². The van der Waals surface area contributed by atoms with E-state index in [2.05, 4.69) is 20.5 Å². The summed E-state index contributed by atoms with van der Waals surface area (Å²) in [6.07, 6.45) is 0. The largest absolute Gasteiger partial charge is 0.497 e. The molecule has 0 radical (unpaired) electrons. The summed E-state index contributed by atoms with van der Waals surface area (Å²) in [6.45, 7) is 4.43. The summed E-state index contributed by atoms with van der Waals surface area (Å²) in [5.41, 5.74) is 2.21. The van der Waals surface area contributed by atoms with Crippen LogP contribution in [0, 0.1) is 5.82 Å². The summed E-state index contributed by atoms with van der Waals surface area (Å²) in [6, 6.07) is 14.8. The van der Waals surface area contributed by atoms with Crippen molar-refractivity contribution >= 4 is 29.9 Å². The lowest BCUT2D eigenvalue weighted by atomic mass is 10.0. The van der Waals surface area contributed by atoms with Gasteiger partial charge < -0.3 is 20.1 Å². The number of hydrogen-bond donors (Lipinski definition) is 2. The zero-order valence-corrected chi connectivity index (χ0v) is 19.8. The maximum atomic E-state index is 13.4. The quantitative estimate of drug-likeness (QED) is 0.329. The number of guanidine groups is 1. The van der Waals surface area contributed by atoms with Crippen molar-refractivity contribution in [3.8, 4) is 5.75 Å². The predicted octanol–water partition coefficient (Wildman–Crippen LogP) is 3.19. The molecule has 1 saturated heterocycles. The Morgan fingerprint density at radius 1 is 1.10 bits per heavy atom. The molecule has 6 nitrogen and oxygen atoms in total. The second kappa shape index (κ2) is 12.7. The molecular formula is C22H30FIN4O2. The Bertz CT molecular complexity index is 781. The number of hydrogen-bond acceptors (Lipinski definition) is 4. The number of ether oxygens (including phenoxy) is 2. The van der Waals surface area contributed by atoms with Gasteiger partial charge in [-0.1, -0.05) is 24.3 Å². The maximum absolute atomic E-state index is 13.4. The third-order valence-corrected chi connectivity index (χ3v) is 5.05. The molecule has 1 fully saturated rings. The van der Waals surface area contributed by atoms with E-state index in [0.717, 1.165) is 35.9 Å². The number of rotatable bonds is 7. The van der Waals surface area contributed by atoms with Gasteiger partial charge in [-0.3, -0.25) is 9.89 Å². The number of morpholine rings is 1. The van der Waals surface area contributed by atoms with Gasteiger partial charge in [-0.25, -0.2) is 4.39 Å². The van der Waals surface area contributed by atoms with Crippen LogP contribution in [0.25, 0.3) is 0 Å². The van der Waals surface area contributed by atoms with Crippen molar-refractivity contribution in [3.63, 3.8) is 0 Å². The Labute approximate surface area is 194 Å². The number of nitrogens with one attached hydrogen (secondary N) is 2. The highest BCUT2D eigenvalue weighted by Crippen LogP contribution is 2.21. The van der Waals surface area contributed by atoms with Crippen molar-refractivity contribution in [2.45, 2.75) is 12.6 Å². The average molecular weight is 528 g/mol. The minimum absolute atomic E-state index is 0. The molecule has 0 bridgehead atoms. The summed E-state index contributed by atoms with van der Waals surface area (Å²) in [5.74, 6) is 1.34. The van der Waals surface area contributed by atoms with Crippen LogP contribution in [0.15, 0.2) is 53.5 Å². The van der Waals surface area contributed by atoms with Crippen LogP contribution in [-0.2, 0) is 11.3 Å². The highest BCUT2D eigenvalue weighted by molar-refractivity contribution is 14.0.